The number of ether oxygens (including phenoxy) is 1. The van der Waals surface area contributed by atoms with Crippen molar-refractivity contribution in [1.82, 2.24) is 0 Å². The number of carbonyl (C=O) groups excluding carboxylic acids is 1. The van der Waals surface area contributed by atoms with Crippen molar-refractivity contribution in [3.05, 3.63) is 28.8 Å². The highest BCUT2D eigenvalue weighted by Gasteiger charge is 2.29. The molecule has 1 heterocycles. The summed E-state index contributed by atoms with van der Waals surface area (Å²) in [6, 6.07) is 4.56. The van der Waals surface area contributed by atoms with E-state index in [0.717, 1.165) is 6.42 Å². The van der Waals surface area contributed by atoms with Gasteiger partial charge in [-0.1, -0.05) is 17.7 Å². The van der Waals surface area contributed by atoms with E-state index in [1.165, 1.54) is 12.1 Å². The molecule has 1 amide bonds. The van der Waals surface area contributed by atoms with Crippen molar-refractivity contribution in [1.29, 1.82) is 0 Å². The van der Waals surface area contributed by atoms with Crippen molar-refractivity contribution in [3.63, 3.8) is 0 Å². The molecule has 1 aliphatic heterocycles. The maximum absolute atomic E-state index is 12.0. The van der Waals surface area contributed by atoms with Gasteiger partial charge in [0, 0.05) is 0 Å². The van der Waals surface area contributed by atoms with E-state index in [1.807, 2.05) is 6.92 Å². The Kier molecular flexibility index (Phi) is 4.07. The highest BCUT2D eigenvalue weighted by Crippen LogP contribution is 2.26. The van der Waals surface area contributed by atoms with Crippen LogP contribution in [0.25, 0.3) is 0 Å². The van der Waals surface area contributed by atoms with Crippen LogP contribution in [0.4, 0.5) is 5.69 Å². The maximum atomic E-state index is 12.0. The maximum Gasteiger partial charge on any atom is 0.339 e. The summed E-state index contributed by atoms with van der Waals surface area (Å²) in [5, 5.41) is 11.8. The average Bonchev–Trinajstić information content (AvgIpc) is 2.75. The van der Waals surface area contributed by atoms with Crippen LogP contribution >= 0.6 is 11.6 Å². The van der Waals surface area contributed by atoms with E-state index in [4.69, 9.17) is 21.4 Å². The Morgan fingerprint density at radius 1 is 1.42 bits per heavy atom. The number of hydrogen-bond acceptors (Lipinski definition) is 3. The lowest BCUT2D eigenvalue weighted by Gasteiger charge is -2.13. The molecule has 2 unspecified atom stereocenters. The molecule has 19 heavy (non-hydrogen) atoms. The number of benzene rings is 1. The predicted molar refractivity (Wildman–Crippen MR) is 70.6 cm³/mol. The Balaban J connectivity index is 2.17. The third kappa shape index (κ3) is 3.05. The molecule has 102 valence electrons. The second-order valence-electron chi connectivity index (χ2n) is 4.47. The van der Waals surface area contributed by atoms with Crippen LogP contribution in [0.5, 0.6) is 0 Å². The molecule has 1 aliphatic rings. The van der Waals surface area contributed by atoms with E-state index in [1.54, 1.807) is 6.07 Å². The third-order valence-corrected chi connectivity index (χ3v) is 3.32. The van der Waals surface area contributed by atoms with Crippen molar-refractivity contribution in [2.45, 2.75) is 32.0 Å². The number of carboxylic acids is 1. The van der Waals surface area contributed by atoms with Gasteiger partial charge in [0.1, 0.15) is 11.7 Å². The lowest BCUT2D eigenvalue weighted by molar-refractivity contribution is -0.126. The van der Waals surface area contributed by atoms with Crippen molar-refractivity contribution in [2.24, 2.45) is 0 Å². The van der Waals surface area contributed by atoms with Gasteiger partial charge in [0.2, 0.25) is 0 Å². The van der Waals surface area contributed by atoms with Gasteiger partial charge < -0.3 is 15.2 Å². The molecule has 0 aliphatic carbocycles. The zero-order valence-electron chi connectivity index (χ0n) is 10.4. The minimum Gasteiger partial charge on any atom is -0.478 e. The smallest absolute Gasteiger partial charge is 0.339 e. The third-order valence-electron chi connectivity index (χ3n) is 3.01. The van der Waals surface area contributed by atoms with Crippen molar-refractivity contribution in [3.8, 4) is 0 Å². The fourth-order valence-corrected chi connectivity index (χ4v) is 2.31. The van der Waals surface area contributed by atoms with Crippen LogP contribution in [-0.4, -0.2) is 29.2 Å². The quantitative estimate of drug-likeness (QED) is 0.894. The van der Waals surface area contributed by atoms with Crippen molar-refractivity contribution < 1.29 is 19.4 Å². The summed E-state index contributed by atoms with van der Waals surface area (Å²) in [5.74, 6) is -1.52. The van der Waals surface area contributed by atoms with Crippen LogP contribution < -0.4 is 5.32 Å². The number of nitrogens with one attached hydrogen (secondary N) is 1. The Bertz CT molecular complexity index is 517. The molecule has 2 N–H and O–H groups in total. The molecule has 1 aromatic carbocycles. The van der Waals surface area contributed by atoms with E-state index in [0.29, 0.717) is 6.42 Å². The highest BCUT2D eigenvalue weighted by molar-refractivity contribution is 6.34. The fraction of sp³-hybridized carbons (Fsp3) is 0.385. The molecule has 2 rings (SSSR count). The Hall–Kier alpha value is -1.59. The minimum absolute atomic E-state index is 0.0501. The first-order valence-corrected chi connectivity index (χ1v) is 6.35. The number of anilines is 1. The molecule has 1 saturated heterocycles. The lowest BCUT2D eigenvalue weighted by Crippen LogP contribution is -2.28. The zero-order chi connectivity index (χ0) is 14.0. The molecule has 0 spiro atoms. The second-order valence-corrected chi connectivity index (χ2v) is 4.88. The number of carbonyl (C=O) groups is 2. The van der Waals surface area contributed by atoms with E-state index in [-0.39, 0.29) is 28.3 Å². The molecule has 2 atom stereocenters. The topological polar surface area (TPSA) is 75.6 Å². The summed E-state index contributed by atoms with van der Waals surface area (Å²) < 4.78 is 5.43. The van der Waals surface area contributed by atoms with Crippen LogP contribution in [0.1, 0.15) is 30.1 Å². The van der Waals surface area contributed by atoms with Gasteiger partial charge in [-0.25, -0.2) is 4.79 Å². The molecular weight excluding hydrogens is 270 g/mol. The van der Waals surface area contributed by atoms with Crippen LogP contribution in [0.2, 0.25) is 5.02 Å². The Labute approximate surface area is 115 Å². The molecule has 1 aromatic rings. The van der Waals surface area contributed by atoms with Gasteiger partial charge in [-0.15, -0.1) is 0 Å². The van der Waals surface area contributed by atoms with Gasteiger partial charge in [0.15, 0.2) is 0 Å². The Morgan fingerprint density at radius 2 is 2.16 bits per heavy atom. The highest BCUT2D eigenvalue weighted by atomic mass is 35.5. The first-order valence-electron chi connectivity index (χ1n) is 5.97. The standard InChI is InChI=1S/C13H14ClNO4/c1-7-5-6-10(19-7)12(16)15-9-4-2-3-8(14)11(9)13(17)18/h2-4,7,10H,5-6H2,1H3,(H,15,16)(H,17,18). The summed E-state index contributed by atoms with van der Waals surface area (Å²) >= 11 is 5.83. The monoisotopic (exact) mass is 283 g/mol. The Morgan fingerprint density at radius 3 is 2.74 bits per heavy atom. The molecule has 0 radical (unpaired) electrons. The van der Waals surface area contributed by atoms with Crippen LogP contribution in [0, 0.1) is 0 Å². The molecule has 0 aromatic heterocycles. The van der Waals surface area contributed by atoms with Gasteiger partial charge in [-0.05, 0) is 31.9 Å². The van der Waals surface area contributed by atoms with E-state index >= 15 is 0 Å². The zero-order valence-corrected chi connectivity index (χ0v) is 11.1. The van der Waals surface area contributed by atoms with Crippen LogP contribution in [-0.2, 0) is 9.53 Å². The number of aromatic carboxylic acids is 1. The van der Waals surface area contributed by atoms with Gasteiger partial charge in [0.25, 0.3) is 5.91 Å². The molecular formula is C13H14ClNO4. The van der Waals surface area contributed by atoms with Crippen molar-refractivity contribution >= 4 is 29.2 Å². The summed E-state index contributed by atoms with van der Waals surface area (Å²) in [4.78, 5) is 23.1. The number of halogens is 1. The molecule has 6 heteroatoms. The van der Waals surface area contributed by atoms with Crippen molar-refractivity contribution in [2.75, 3.05) is 5.32 Å². The second kappa shape index (κ2) is 5.59. The van der Waals surface area contributed by atoms with E-state index in [2.05, 4.69) is 5.32 Å². The number of amides is 1. The average molecular weight is 284 g/mol. The fourth-order valence-electron chi connectivity index (χ4n) is 2.05. The summed E-state index contributed by atoms with van der Waals surface area (Å²) in [6.07, 6.45) is 0.972. The lowest BCUT2D eigenvalue weighted by atomic mass is 10.1. The summed E-state index contributed by atoms with van der Waals surface area (Å²) in [6.45, 7) is 1.90. The van der Waals surface area contributed by atoms with Crippen LogP contribution in [0.3, 0.4) is 0 Å². The van der Waals surface area contributed by atoms with Crippen LogP contribution in [0.15, 0.2) is 18.2 Å². The largest absolute Gasteiger partial charge is 0.478 e. The molecule has 1 fully saturated rings. The number of hydrogen-bond donors (Lipinski definition) is 2. The number of rotatable bonds is 3. The predicted octanol–water partition coefficient (Wildman–Crippen LogP) is 2.54. The molecule has 5 nitrogen and oxygen atoms in total. The SMILES string of the molecule is CC1CCC(C(=O)Nc2cccc(Cl)c2C(=O)O)O1. The summed E-state index contributed by atoms with van der Waals surface area (Å²) in [7, 11) is 0. The first kappa shape index (κ1) is 13.8. The van der Waals surface area contributed by atoms with Gasteiger partial charge in [-0.3, -0.25) is 4.79 Å². The molecule has 0 bridgehead atoms. The normalized spacial score (nSPS) is 22.2. The minimum atomic E-state index is -1.18. The molecule has 0 saturated carbocycles. The first-order chi connectivity index (χ1) is 8.99. The van der Waals surface area contributed by atoms with Gasteiger partial charge in [0.05, 0.1) is 16.8 Å². The van der Waals surface area contributed by atoms with E-state index < -0.39 is 12.1 Å². The summed E-state index contributed by atoms with van der Waals surface area (Å²) in [5.41, 5.74) is 0.0803. The van der Waals surface area contributed by atoms with Gasteiger partial charge >= 0.3 is 5.97 Å². The van der Waals surface area contributed by atoms with E-state index in [9.17, 15) is 9.59 Å². The number of carboxylic acid groups (broad SMARTS) is 1. The van der Waals surface area contributed by atoms with Gasteiger partial charge in [-0.2, -0.15) is 0 Å².